The van der Waals surface area contributed by atoms with E-state index in [0.717, 1.165) is 25.7 Å². The Hall–Kier alpha value is -0.380. The zero-order chi connectivity index (χ0) is 13.4. The number of alkyl halides is 3. The molecule has 0 bridgehead atoms. The summed E-state index contributed by atoms with van der Waals surface area (Å²) in [5.41, 5.74) is 0. The van der Waals surface area contributed by atoms with Gasteiger partial charge >= 0.3 is 0 Å². The second-order valence-corrected chi connectivity index (χ2v) is 5.42. The Morgan fingerprint density at radius 2 is 2.00 bits per heavy atom. The Bertz CT molecular complexity index is 261. The lowest BCUT2D eigenvalue weighted by molar-refractivity contribution is -0.132. The fourth-order valence-electron chi connectivity index (χ4n) is 2.32. The number of amides is 1. The van der Waals surface area contributed by atoms with E-state index in [0.29, 0.717) is 25.3 Å². The average molecular weight is 282 g/mol. The van der Waals surface area contributed by atoms with Crippen LogP contribution in [-0.4, -0.2) is 24.3 Å². The van der Waals surface area contributed by atoms with Crippen molar-refractivity contribution in [2.45, 2.75) is 57.3 Å². The highest BCUT2D eigenvalue weighted by atomic mass is 35.5. The fourth-order valence-corrected chi connectivity index (χ4v) is 2.51. The molecule has 5 heteroatoms. The van der Waals surface area contributed by atoms with Crippen LogP contribution in [0.5, 0.6) is 0 Å². The van der Waals surface area contributed by atoms with E-state index >= 15 is 0 Å². The van der Waals surface area contributed by atoms with Crippen molar-refractivity contribution in [3.8, 4) is 0 Å². The number of nitrogens with one attached hydrogen (secondary N) is 1. The van der Waals surface area contributed by atoms with Gasteiger partial charge in [-0.25, -0.2) is 8.78 Å². The first-order chi connectivity index (χ1) is 8.55. The molecule has 1 atom stereocenters. The minimum absolute atomic E-state index is 0.0742. The van der Waals surface area contributed by atoms with Crippen LogP contribution in [0.4, 0.5) is 8.78 Å². The topological polar surface area (TPSA) is 29.1 Å². The zero-order valence-electron chi connectivity index (χ0n) is 10.7. The third-order valence-corrected chi connectivity index (χ3v) is 3.64. The van der Waals surface area contributed by atoms with Crippen LogP contribution in [0.25, 0.3) is 0 Å². The van der Waals surface area contributed by atoms with Gasteiger partial charge in [0.25, 0.3) is 0 Å². The summed E-state index contributed by atoms with van der Waals surface area (Å²) in [4.78, 5) is 11.7. The maximum atomic E-state index is 13.2. The number of unbranched alkanes of at least 4 members (excludes halogenated alkanes) is 3. The van der Waals surface area contributed by atoms with E-state index in [4.69, 9.17) is 11.6 Å². The highest BCUT2D eigenvalue weighted by Gasteiger charge is 2.38. The highest BCUT2D eigenvalue weighted by Crippen LogP contribution is 2.36. The van der Waals surface area contributed by atoms with Gasteiger partial charge in [-0.15, -0.1) is 11.6 Å². The number of carbonyl (C=O) groups is 1. The molecule has 18 heavy (non-hydrogen) atoms. The van der Waals surface area contributed by atoms with E-state index in [2.05, 4.69) is 5.32 Å². The van der Waals surface area contributed by atoms with Crippen LogP contribution in [0.15, 0.2) is 0 Å². The number of halogens is 3. The Labute approximate surface area is 112 Å². The van der Waals surface area contributed by atoms with Crippen molar-refractivity contribution in [3.63, 3.8) is 0 Å². The first kappa shape index (κ1) is 15.7. The molecule has 0 aromatic carbocycles. The quantitative estimate of drug-likeness (QED) is 0.559. The van der Waals surface area contributed by atoms with Gasteiger partial charge in [0, 0.05) is 31.2 Å². The van der Waals surface area contributed by atoms with Crippen molar-refractivity contribution >= 4 is 17.5 Å². The third kappa shape index (κ3) is 5.98. The molecule has 1 fully saturated rings. The summed E-state index contributed by atoms with van der Waals surface area (Å²) in [5, 5.41) is 2.76. The maximum Gasteiger partial charge on any atom is 0.248 e. The van der Waals surface area contributed by atoms with Crippen molar-refractivity contribution in [3.05, 3.63) is 0 Å². The second-order valence-electron chi connectivity index (χ2n) is 5.04. The molecule has 1 aliphatic rings. The molecule has 2 nitrogen and oxygen atoms in total. The van der Waals surface area contributed by atoms with E-state index in [-0.39, 0.29) is 18.7 Å². The molecule has 0 spiro atoms. The molecule has 1 rings (SSSR count). The van der Waals surface area contributed by atoms with Crippen molar-refractivity contribution in [2.75, 3.05) is 12.4 Å². The minimum Gasteiger partial charge on any atom is -0.356 e. The summed E-state index contributed by atoms with van der Waals surface area (Å²) in [6, 6.07) is 0. The van der Waals surface area contributed by atoms with Gasteiger partial charge in [-0.3, -0.25) is 4.79 Å². The summed E-state index contributed by atoms with van der Waals surface area (Å²) in [6.07, 6.45) is 4.64. The first-order valence-electron chi connectivity index (χ1n) is 6.77. The van der Waals surface area contributed by atoms with Crippen LogP contribution in [0.3, 0.4) is 0 Å². The van der Waals surface area contributed by atoms with Gasteiger partial charge in [0.05, 0.1) is 0 Å². The zero-order valence-corrected chi connectivity index (χ0v) is 11.4. The van der Waals surface area contributed by atoms with Crippen molar-refractivity contribution < 1.29 is 13.6 Å². The van der Waals surface area contributed by atoms with Crippen LogP contribution in [0.1, 0.15) is 51.4 Å². The third-order valence-electron chi connectivity index (χ3n) is 3.37. The molecule has 1 N–H and O–H groups in total. The summed E-state index contributed by atoms with van der Waals surface area (Å²) < 4.78 is 26.3. The molecule has 0 saturated heterocycles. The maximum absolute atomic E-state index is 13.2. The van der Waals surface area contributed by atoms with Crippen LogP contribution < -0.4 is 5.32 Å². The lowest BCUT2D eigenvalue weighted by Gasteiger charge is -2.27. The van der Waals surface area contributed by atoms with E-state index < -0.39 is 11.8 Å². The van der Waals surface area contributed by atoms with Gasteiger partial charge in [-0.1, -0.05) is 12.8 Å². The second kappa shape index (κ2) is 7.93. The molecule has 1 unspecified atom stereocenters. The SMILES string of the molecule is O=C(NCCCCCCCl)C1CCCC(F)(F)C1. The molecule has 0 aliphatic heterocycles. The largest absolute Gasteiger partial charge is 0.356 e. The van der Waals surface area contributed by atoms with E-state index in [1.165, 1.54) is 0 Å². The monoisotopic (exact) mass is 281 g/mol. The molecule has 0 radical (unpaired) electrons. The van der Waals surface area contributed by atoms with Gasteiger partial charge in [0.15, 0.2) is 0 Å². The van der Waals surface area contributed by atoms with Gasteiger partial charge < -0.3 is 5.32 Å². The summed E-state index contributed by atoms with van der Waals surface area (Å²) in [7, 11) is 0. The lowest BCUT2D eigenvalue weighted by Crippen LogP contribution is -2.37. The van der Waals surface area contributed by atoms with Crippen LogP contribution in [-0.2, 0) is 4.79 Å². The molecule has 1 amide bonds. The number of rotatable bonds is 7. The minimum atomic E-state index is -2.65. The standard InChI is InChI=1S/C13H22ClF2NO/c14-8-3-1-2-4-9-17-12(18)11-6-5-7-13(15,16)10-11/h11H,1-10H2,(H,17,18). The summed E-state index contributed by atoms with van der Waals surface area (Å²) >= 11 is 5.55. The molecule has 0 aromatic rings. The van der Waals surface area contributed by atoms with Crippen LogP contribution in [0.2, 0.25) is 0 Å². The normalized spacial score (nSPS) is 22.7. The number of hydrogen-bond donors (Lipinski definition) is 1. The highest BCUT2D eigenvalue weighted by molar-refractivity contribution is 6.17. The molecule has 1 saturated carbocycles. The van der Waals surface area contributed by atoms with Crippen molar-refractivity contribution in [1.29, 1.82) is 0 Å². The first-order valence-corrected chi connectivity index (χ1v) is 7.30. The molecular weight excluding hydrogens is 260 g/mol. The number of carbonyl (C=O) groups excluding carboxylic acids is 1. The smallest absolute Gasteiger partial charge is 0.248 e. The van der Waals surface area contributed by atoms with E-state index in [1.54, 1.807) is 0 Å². The Kier molecular flexibility index (Phi) is 6.90. The van der Waals surface area contributed by atoms with Crippen LogP contribution in [0, 0.1) is 5.92 Å². The molecular formula is C13H22ClF2NO. The molecule has 106 valence electrons. The molecule has 0 aromatic heterocycles. The fraction of sp³-hybridized carbons (Fsp3) is 0.923. The Morgan fingerprint density at radius 3 is 2.67 bits per heavy atom. The van der Waals surface area contributed by atoms with Gasteiger partial charge in [0.1, 0.15) is 0 Å². The Balaban J connectivity index is 2.12. The van der Waals surface area contributed by atoms with E-state index in [1.807, 2.05) is 0 Å². The van der Waals surface area contributed by atoms with Crippen molar-refractivity contribution in [1.82, 2.24) is 5.32 Å². The van der Waals surface area contributed by atoms with Crippen molar-refractivity contribution in [2.24, 2.45) is 5.92 Å². The molecule has 0 heterocycles. The number of hydrogen-bond acceptors (Lipinski definition) is 1. The predicted octanol–water partition coefficient (Wildman–Crippen LogP) is 3.73. The summed E-state index contributed by atoms with van der Waals surface area (Å²) in [6.45, 7) is 0.586. The van der Waals surface area contributed by atoms with Gasteiger partial charge in [-0.2, -0.15) is 0 Å². The Morgan fingerprint density at radius 1 is 1.28 bits per heavy atom. The van der Waals surface area contributed by atoms with Gasteiger partial charge in [-0.05, 0) is 25.7 Å². The average Bonchev–Trinajstić information content (AvgIpc) is 2.32. The van der Waals surface area contributed by atoms with Crippen LogP contribution >= 0.6 is 11.6 Å². The lowest BCUT2D eigenvalue weighted by atomic mass is 9.86. The molecule has 1 aliphatic carbocycles. The summed E-state index contributed by atoms with van der Waals surface area (Å²) in [5.74, 6) is -2.69. The van der Waals surface area contributed by atoms with Gasteiger partial charge in [0.2, 0.25) is 11.8 Å². The predicted molar refractivity (Wildman–Crippen MR) is 69.1 cm³/mol. The van der Waals surface area contributed by atoms with E-state index in [9.17, 15) is 13.6 Å².